The Kier molecular flexibility index (Phi) is 3.00. The Balaban J connectivity index is 2.00. The molecule has 0 spiro atoms. The number of nitrogens with one attached hydrogen (secondary N) is 2. The lowest BCUT2D eigenvalue weighted by atomic mass is 10.0. The van der Waals surface area contributed by atoms with Crippen molar-refractivity contribution in [2.75, 3.05) is 13.2 Å². The lowest BCUT2D eigenvalue weighted by Gasteiger charge is -2.22. The zero-order valence-corrected chi connectivity index (χ0v) is 9.88. The summed E-state index contributed by atoms with van der Waals surface area (Å²) in [6.07, 6.45) is 4.48. The average Bonchev–Trinajstić information content (AvgIpc) is 2.86. The molecule has 0 saturated carbocycles. The summed E-state index contributed by atoms with van der Waals surface area (Å²) in [5.41, 5.74) is -0.378. The fourth-order valence-electron chi connectivity index (χ4n) is 1.69. The maximum Gasteiger partial charge on any atom is 0.243 e. The van der Waals surface area contributed by atoms with Gasteiger partial charge in [-0.25, -0.2) is 13.1 Å². The van der Waals surface area contributed by atoms with Crippen LogP contribution in [0.5, 0.6) is 0 Å². The van der Waals surface area contributed by atoms with E-state index in [1.54, 1.807) is 0 Å². The van der Waals surface area contributed by atoms with Crippen LogP contribution >= 0.6 is 0 Å². The van der Waals surface area contributed by atoms with Gasteiger partial charge in [-0.15, -0.1) is 0 Å². The number of ether oxygens (including phenoxy) is 1. The van der Waals surface area contributed by atoms with Gasteiger partial charge >= 0.3 is 0 Å². The number of sulfonamides is 1. The predicted molar refractivity (Wildman–Crippen MR) is 57.4 cm³/mol. The van der Waals surface area contributed by atoms with Crippen LogP contribution in [0.2, 0.25) is 0 Å². The van der Waals surface area contributed by atoms with Gasteiger partial charge in [0.15, 0.2) is 0 Å². The summed E-state index contributed by atoms with van der Waals surface area (Å²) in [5, 5.41) is 6.08. The first-order valence-electron chi connectivity index (χ1n) is 5.14. The van der Waals surface area contributed by atoms with Crippen molar-refractivity contribution in [2.45, 2.75) is 30.3 Å². The second kappa shape index (κ2) is 4.15. The van der Waals surface area contributed by atoms with E-state index in [1.807, 2.05) is 6.92 Å². The Bertz CT molecular complexity index is 435. The van der Waals surface area contributed by atoms with E-state index < -0.39 is 10.0 Å². The standard InChI is InChI=1S/C9H15N3O3S/c1-9(3-2-4-15-9)7-12-16(13,14)8-5-10-11-6-8/h5-6,12H,2-4,7H2,1H3,(H,10,11). The van der Waals surface area contributed by atoms with Gasteiger partial charge in [0.05, 0.1) is 11.8 Å². The second-order valence-corrected chi connectivity index (χ2v) is 5.93. The van der Waals surface area contributed by atoms with Crippen molar-refractivity contribution >= 4 is 10.0 Å². The number of rotatable bonds is 4. The van der Waals surface area contributed by atoms with Crippen LogP contribution in [-0.2, 0) is 14.8 Å². The van der Waals surface area contributed by atoms with E-state index in [4.69, 9.17) is 4.74 Å². The Morgan fingerprint density at radius 1 is 1.69 bits per heavy atom. The normalized spacial score (nSPS) is 26.1. The van der Waals surface area contributed by atoms with Crippen molar-refractivity contribution in [2.24, 2.45) is 0 Å². The van der Waals surface area contributed by atoms with E-state index in [1.165, 1.54) is 12.4 Å². The maximum absolute atomic E-state index is 11.8. The molecule has 1 unspecified atom stereocenters. The Labute approximate surface area is 94.4 Å². The molecule has 0 amide bonds. The topological polar surface area (TPSA) is 84.1 Å². The first kappa shape index (κ1) is 11.6. The Morgan fingerprint density at radius 2 is 2.50 bits per heavy atom. The Hall–Kier alpha value is -0.920. The third-order valence-electron chi connectivity index (χ3n) is 2.72. The molecule has 1 aromatic heterocycles. The molecular formula is C9H15N3O3S. The van der Waals surface area contributed by atoms with Crippen molar-refractivity contribution in [1.82, 2.24) is 14.9 Å². The summed E-state index contributed by atoms with van der Waals surface area (Å²) < 4.78 is 31.6. The molecule has 1 aliphatic heterocycles. The first-order valence-corrected chi connectivity index (χ1v) is 6.63. The molecule has 0 aliphatic carbocycles. The van der Waals surface area contributed by atoms with E-state index in [9.17, 15) is 8.42 Å². The van der Waals surface area contributed by atoms with E-state index >= 15 is 0 Å². The fourth-order valence-corrected chi connectivity index (χ4v) is 2.75. The molecule has 0 aromatic carbocycles. The minimum atomic E-state index is -3.47. The summed E-state index contributed by atoms with van der Waals surface area (Å²) >= 11 is 0. The molecule has 1 aliphatic rings. The SMILES string of the molecule is CC1(CNS(=O)(=O)c2cn[nH]c2)CCCO1. The van der Waals surface area contributed by atoms with Crippen LogP contribution in [0.4, 0.5) is 0 Å². The van der Waals surface area contributed by atoms with E-state index in [-0.39, 0.29) is 10.5 Å². The van der Waals surface area contributed by atoms with Crippen molar-refractivity contribution in [3.05, 3.63) is 12.4 Å². The van der Waals surface area contributed by atoms with Gasteiger partial charge < -0.3 is 4.74 Å². The van der Waals surface area contributed by atoms with Gasteiger partial charge in [0.2, 0.25) is 10.0 Å². The van der Waals surface area contributed by atoms with Crippen molar-refractivity contribution < 1.29 is 13.2 Å². The molecule has 2 N–H and O–H groups in total. The predicted octanol–water partition coefficient (Wildman–Crippen LogP) is 0.257. The van der Waals surface area contributed by atoms with Gasteiger partial charge in [-0.2, -0.15) is 5.10 Å². The lowest BCUT2D eigenvalue weighted by Crippen LogP contribution is -2.39. The third-order valence-corrected chi connectivity index (χ3v) is 4.09. The highest BCUT2D eigenvalue weighted by molar-refractivity contribution is 7.89. The summed E-state index contributed by atoms with van der Waals surface area (Å²) in [7, 11) is -3.47. The molecule has 90 valence electrons. The monoisotopic (exact) mass is 245 g/mol. The maximum atomic E-state index is 11.8. The lowest BCUT2D eigenvalue weighted by molar-refractivity contribution is 0.0250. The van der Waals surface area contributed by atoms with E-state index in [0.717, 1.165) is 12.8 Å². The quantitative estimate of drug-likeness (QED) is 0.796. The summed E-state index contributed by atoms with van der Waals surface area (Å²) in [4.78, 5) is 0.147. The number of aromatic nitrogens is 2. The van der Waals surface area contributed by atoms with Crippen molar-refractivity contribution in [1.29, 1.82) is 0 Å². The smallest absolute Gasteiger partial charge is 0.243 e. The minimum absolute atomic E-state index is 0.147. The number of hydrogen-bond acceptors (Lipinski definition) is 4. The molecule has 2 heterocycles. The number of nitrogens with zero attached hydrogens (tertiary/aromatic N) is 1. The van der Waals surface area contributed by atoms with Gasteiger partial charge in [0.1, 0.15) is 4.90 Å². The van der Waals surface area contributed by atoms with Crippen molar-refractivity contribution in [3.8, 4) is 0 Å². The van der Waals surface area contributed by atoms with Crippen LogP contribution in [0.3, 0.4) is 0 Å². The minimum Gasteiger partial charge on any atom is -0.374 e. The van der Waals surface area contributed by atoms with E-state index in [2.05, 4.69) is 14.9 Å². The van der Waals surface area contributed by atoms with Crippen LogP contribution in [-0.4, -0.2) is 37.4 Å². The number of aromatic amines is 1. The zero-order chi connectivity index (χ0) is 11.6. The largest absolute Gasteiger partial charge is 0.374 e. The van der Waals surface area contributed by atoms with Gasteiger partial charge in [0, 0.05) is 19.3 Å². The summed E-state index contributed by atoms with van der Waals surface area (Å²) in [5.74, 6) is 0. The van der Waals surface area contributed by atoms with E-state index in [0.29, 0.717) is 13.2 Å². The van der Waals surface area contributed by atoms with Crippen molar-refractivity contribution in [3.63, 3.8) is 0 Å². The van der Waals surface area contributed by atoms with Crippen LogP contribution < -0.4 is 4.72 Å². The molecule has 2 rings (SSSR count). The average molecular weight is 245 g/mol. The van der Waals surface area contributed by atoms with Crippen LogP contribution in [0.25, 0.3) is 0 Å². The molecule has 6 nitrogen and oxygen atoms in total. The molecule has 0 radical (unpaired) electrons. The Morgan fingerprint density at radius 3 is 3.06 bits per heavy atom. The molecule has 1 saturated heterocycles. The highest BCUT2D eigenvalue weighted by atomic mass is 32.2. The number of H-pyrrole nitrogens is 1. The molecule has 1 aromatic rings. The third kappa shape index (κ3) is 2.42. The molecule has 7 heteroatoms. The second-order valence-electron chi connectivity index (χ2n) is 4.16. The molecule has 16 heavy (non-hydrogen) atoms. The molecule has 1 fully saturated rings. The van der Waals surface area contributed by atoms with Gasteiger partial charge in [-0.3, -0.25) is 5.10 Å². The summed E-state index contributed by atoms with van der Waals surface area (Å²) in [6.45, 7) is 2.91. The first-order chi connectivity index (χ1) is 7.52. The zero-order valence-electron chi connectivity index (χ0n) is 9.06. The van der Waals surface area contributed by atoms with Gasteiger partial charge in [-0.05, 0) is 19.8 Å². The van der Waals surface area contributed by atoms with Crippen LogP contribution in [0, 0.1) is 0 Å². The fraction of sp³-hybridized carbons (Fsp3) is 0.667. The number of hydrogen-bond donors (Lipinski definition) is 2. The summed E-state index contributed by atoms with van der Waals surface area (Å²) in [6, 6.07) is 0. The van der Waals surface area contributed by atoms with Crippen LogP contribution in [0.1, 0.15) is 19.8 Å². The molecule has 0 bridgehead atoms. The van der Waals surface area contributed by atoms with Gasteiger partial charge in [0.25, 0.3) is 0 Å². The van der Waals surface area contributed by atoms with Gasteiger partial charge in [-0.1, -0.05) is 0 Å². The highest BCUT2D eigenvalue weighted by Gasteiger charge is 2.31. The molecule has 1 atom stereocenters. The molecular weight excluding hydrogens is 230 g/mol. The highest BCUT2D eigenvalue weighted by Crippen LogP contribution is 2.24. The van der Waals surface area contributed by atoms with Crippen LogP contribution in [0.15, 0.2) is 17.3 Å².